The number of phosphoric acid groups is 1. The lowest BCUT2D eigenvalue weighted by molar-refractivity contribution is -0.121. The van der Waals surface area contributed by atoms with Crippen molar-refractivity contribution in [3.05, 3.63) is 71.2 Å². The topological polar surface area (TPSA) is 137 Å². The van der Waals surface area contributed by atoms with Gasteiger partial charge in [-0.3, -0.25) is 14.6 Å². The molecule has 0 saturated heterocycles. The minimum Gasteiger partial charge on any atom is -0.497 e. The summed E-state index contributed by atoms with van der Waals surface area (Å²) >= 11 is 0. The van der Waals surface area contributed by atoms with E-state index in [9.17, 15) is 19.1 Å². The van der Waals surface area contributed by atoms with E-state index in [4.69, 9.17) is 23.2 Å². The molecule has 202 valence electrons. The predicted octanol–water partition coefficient (Wildman–Crippen LogP) is 4.76. The second-order valence-corrected chi connectivity index (χ2v) is 10.0. The Hall–Kier alpha value is -3.72. The summed E-state index contributed by atoms with van der Waals surface area (Å²) in [6.45, 7) is 2.37. The molecule has 2 unspecified atom stereocenters. The number of rotatable bonds is 10. The molecular formula is C27H30NO9P. The number of furan rings is 1. The summed E-state index contributed by atoms with van der Waals surface area (Å²) < 4.78 is 37.7. The number of fused-ring (bicyclic) bond motifs is 1. The molecule has 4 rings (SSSR count). The molecule has 3 aromatic rings. The van der Waals surface area contributed by atoms with Gasteiger partial charge in [-0.25, -0.2) is 4.57 Å². The molecular weight excluding hydrogens is 513 g/mol. The van der Waals surface area contributed by atoms with Gasteiger partial charge in [0.05, 0.1) is 34.1 Å². The minimum absolute atomic E-state index is 0.0329. The molecule has 0 bridgehead atoms. The number of methoxy groups -OCH3 is 3. The molecule has 0 aliphatic heterocycles. The molecule has 1 amide bonds. The molecule has 38 heavy (non-hydrogen) atoms. The second kappa shape index (κ2) is 11.3. The first-order valence-corrected chi connectivity index (χ1v) is 13.4. The van der Waals surface area contributed by atoms with Crippen molar-refractivity contribution in [2.75, 3.05) is 21.3 Å². The van der Waals surface area contributed by atoms with E-state index < -0.39 is 7.82 Å². The fraction of sp³-hybridized carbons (Fsp3) is 0.296. The maximum absolute atomic E-state index is 12.9. The largest absolute Gasteiger partial charge is 0.525 e. The standard InChI is InChI=1S/C27H30NO9P/c1-16-21(10-17-11-24(34-3)27(25(12-17)35-4)37-38(30,31)32)20-8-7-18(33-2)13-23(20)22(16)14-26(29)28-15-19-6-5-9-36-19/h5-13,16,22H,14-15H2,1-4H3,(H,28,29)(H2,30,31,32)/b21-10-. The van der Waals surface area contributed by atoms with Gasteiger partial charge in [-0.15, -0.1) is 0 Å². The number of carbonyl (C=O) groups excluding carboxylic acids is 1. The van der Waals surface area contributed by atoms with Gasteiger partial charge in [0.25, 0.3) is 0 Å². The fourth-order valence-corrected chi connectivity index (χ4v) is 5.13. The summed E-state index contributed by atoms with van der Waals surface area (Å²) in [7, 11) is -0.509. The van der Waals surface area contributed by atoms with Crippen LogP contribution in [0, 0.1) is 5.92 Å². The van der Waals surface area contributed by atoms with Crippen molar-refractivity contribution in [2.24, 2.45) is 5.92 Å². The van der Waals surface area contributed by atoms with Crippen LogP contribution in [0.15, 0.2) is 53.1 Å². The van der Waals surface area contributed by atoms with Crippen molar-refractivity contribution in [2.45, 2.75) is 25.8 Å². The van der Waals surface area contributed by atoms with Crippen LogP contribution in [0.2, 0.25) is 0 Å². The summed E-state index contributed by atoms with van der Waals surface area (Å²) in [5, 5.41) is 2.92. The van der Waals surface area contributed by atoms with E-state index in [0.717, 1.165) is 16.7 Å². The Balaban J connectivity index is 1.69. The number of phosphoric ester groups is 1. The average molecular weight is 544 g/mol. The van der Waals surface area contributed by atoms with Gasteiger partial charge in [0.15, 0.2) is 11.5 Å². The zero-order valence-corrected chi connectivity index (χ0v) is 22.4. The first-order chi connectivity index (χ1) is 18.1. The number of amides is 1. The van der Waals surface area contributed by atoms with Crippen LogP contribution < -0.4 is 24.1 Å². The highest BCUT2D eigenvalue weighted by molar-refractivity contribution is 7.46. The van der Waals surface area contributed by atoms with Gasteiger partial charge >= 0.3 is 7.82 Å². The van der Waals surface area contributed by atoms with Gasteiger partial charge in [0.2, 0.25) is 11.7 Å². The van der Waals surface area contributed by atoms with Crippen molar-refractivity contribution in [1.29, 1.82) is 0 Å². The zero-order chi connectivity index (χ0) is 27.4. The van der Waals surface area contributed by atoms with Crippen LogP contribution in [0.3, 0.4) is 0 Å². The molecule has 11 heteroatoms. The Morgan fingerprint density at radius 2 is 1.79 bits per heavy atom. The number of benzene rings is 2. The van der Waals surface area contributed by atoms with Crippen LogP contribution in [0.4, 0.5) is 0 Å². The highest BCUT2D eigenvalue weighted by Crippen LogP contribution is 2.51. The molecule has 3 N–H and O–H groups in total. The Labute approximate surface area is 220 Å². The van der Waals surface area contributed by atoms with E-state index in [1.807, 2.05) is 24.3 Å². The number of ether oxygens (including phenoxy) is 3. The van der Waals surface area contributed by atoms with Crippen molar-refractivity contribution >= 4 is 25.4 Å². The predicted molar refractivity (Wildman–Crippen MR) is 140 cm³/mol. The third-order valence-corrected chi connectivity index (χ3v) is 6.94. The van der Waals surface area contributed by atoms with E-state index >= 15 is 0 Å². The van der Waals surface area contributed by atoms with Gasteiger partial charge in [-0.2, -0.15) is 0 Å². The van der Waals surface area contributed by atoms with Gasteiger partial charge in [-0.05, 0) is 70.5 Å². The molecule has 1 aliphatic carbocycles. The van der Waals surface area contributed by atoms with E-state index in [1.54, 1.807) is 37.6 Å². The maximum atomic E-state index is 12.9. The fourth-order valence-electron chi connectivity index (χ4n) is 4.71. The van der Waals surface area contributed by atoms with Gasteiger partial charge < -0.3 is 28.5 Å². The average Bonchev–Trinajstić information content (AvgIpc) is 3.49. The van der Waals surface area contributed by atoms with Gasteiger partial charge in [-0.1, -0.05) is 19.1 Å². The van der Waals surface area contributed by atoms with Crippen LogP contribution in [0.1, 0.15) is 41.7 Å². The van der Waals surface area contributed by atoms with E-state index in [2.05, 4.69) is 12.2 Å². The third kappa shape index (κ3) is 6.05. The third-order valence-electron chi connectivity index (χ3n) is 6.52. The van der Waals surface area contributed by atoms with E-state index in [0.29, 0.717) is 23.6 Å². The molecule has 0 radical (unpaired) electrons. The molecule has 2 atom stereocenters. The van der Waals surface area contributed by atoms with Crippen LogP contribution >= 0.6 is 7.82 Å². The van der Waals surface area contributed by atoms with Crippen molar-refractivity contribution < 1.29 is 42.3 Å². The van der Waals surface area contributed by atoms with Crippen molar-refractivity contribution in [1.82, 2.24) is 5.32 Å². The quantitative estimate of drug-likeness (QED) is 0.309. The highest BCUT2D eigenvalue weighted by Gasteiger charge is 2.35. The molecule has 1 heterocycles. The summed E-state index contributed by atoms with van der Waals surface area (Å²) in [6.07, 6.45) is 3.78. The lowest BCUT2D eigenvalue weighted by Crippen LogP contribution is -2.25. The smallest absolute Gasteiger partial charge is 0.497 e. The molecule has 0 saturated carbocycles. The van der Waals surface area contributed by atoms with Crippen LogP contribution in [0.25, 0.3) is 11.6 Å². The van der Waals surface area contributed by atoms with E-state index in [-0.39, 0.29) is 41.4 Å². The first kappa shape index (κ1) is 27.3. The van der Waals surface area contributed by atoms with Crippen LogP contribution in [0.5, 0.6) is 23.0 Å². The molecule has 1 aliphatic rings. The normalized spacial score (nSPS) is 17.7. The van der Waals surface area contributed by atoms with Crippen molar-refractivity contribution in [3.63, 3.8) is 0 Å². The lowest BCUT2D eigenvalue weighted by Gasteiger charge is -2.18. The summed E-state index contributed by atoms with van der Waals surface area (Å²) in [5.74, 6) is 1.15. The van der Waals surface area contributed by atoms with E-state index in [1.165, 1.54) is 14.2 Å². The molecule has 0 spiro atoms. The van der Waals surface area contributed by atoms with Gasteiger partial charge in [0.1, 0.15) is 11.5 Å². The summed E-state index contributed by atoms with van der Waals surface area (Å²) in [4.78, 5) is 31.5. The SMILES string of the molecule is COc1ccc2c(c1)C(CC(=O)NCc1ccco1)C(C)/C2=C/c1cc(OC)c(OP(=O)(O)O)c(OC)c1. The Bertz CT molecular complexity index is 1350. The van der Waals surface area contributed by atoms with Crippen LogP contribution in [-0.2, 0) is 15.9 Å². The minimum atomic E-state index is -4.85. The van der Waals surface area contributed by atoms with Crippen molar-refractivity contribution in [3.8, 4) is 23.0 Å². The Morgan fingerprint density at radius 1 is 1.08 bits per heavy atom. The second-order valence-electron chi connectivity index (χ2n) is 8.84. The monoisotopic (exact) mass is 543 g/mol. The molecule has 0 fully saturated rings. The molecule has 1 aromatic heterocycles. The molecule has 10 nitrogen and oxygen atoms in total. The Kier molecular flexibility index (Phi) is 8.16. The number of allylic oxidation sites excluding steroid dienone is 1. The number of nitrogens with one attached hydrogen (secondary N) is 1. The number of carbonyl (C=O) groups is 1. The lowest BCUT2D eigenvalue weighted by atomic mass is 9.88. The highest BCUT2D eigenvalue weighted by atomic mass is 31.2. The maximum Gasteiger partial charge on any atom is 0.525 e. The van der Waals surface area contributed by atoms with Crippen LogP contribution in [-0.4, -0.2) is 37.0 Å². The summed E-state index contributed by atoms with van der Waals surface area (Å²) in [5.41, 5.74) is 3.63. The number of hydrogen-bond donors (Lipinski definition) is 3. The zero-order valence-electron chi connectivity index (χ0n) is 21.5. The Morgan fingerprint density at radius 3 is 2.37 bits per heavy atom. The molecule has 2 aromatic carbocycles. The summed E-state index contributed by atoms with van der Waals surface area (Å²) in [6, 6.07) is 12.6. The first-order valence-electron chi connectivity index (χ1n) is 11.8. The van der Waals surface area contributed by atoms with Gasteiger partial charge in [0, 0.05) is 6.42 Å². The number of hydrogen-bond acceptors (Lipinski definition) is 7.